The fraction of sp³-hybridized carbons (Fsp3) is 0.222. The van der Waals surface area contributed by atoms with Crippen molar-refractivity contribution < 1.29 is 22.4 Å². The van der Waals surface area contributed by atoms with Gasteiger partial charge in [-0.3, -0.25) is 4.79 Å². The molecule has 15 heavy (non-hydrogen) atoms. The van der Waals surface area contributed by atoms with Crippen molar-refractivity contribution in [2.45, 2.75) is 11.1 Å². The molecule has 0 aliphatic rings. The van der Waals surface area contributed by atoms with E-state index in [1.165, 1.54) is 18.4 Å². The normalized spacial score (nSPS) is 11.5. The van der Waals surface area contributed by atoms with Crippen LogP contribution in [0, 0.1) is 5.82 Å². The summed E-state index contributed by atoms with van der Waals surface area (Å²) < 4.78 is 49.4. The first-order valence-corrected chi connectivity index (χ1v) is 5.04. The van der Waals surface area contributed by atoms with Crippen molar-refractivity contribution in [3.63, 3.8) is 0 Å². The summed E-state index contributed by atoms with van der Waals surface area (Å²) in [5.74, 6) is -3.27. The van der Waals surface area contributed by atoms with Gasteiger partial charge in [0.1, 0.15) is 5.82 Å². The molecule has 0 saturated carbocycles. The molecule has 1 nitrogen and oxygen atoms in total. The summed E-state index contributed by atoms with van der Waals surface area (Å²) in [5, 5.41) is 0. The SMILES string of the molecule is CSc1cccc(C(=O)C(F)(F)F)c1F. The average Bonchev–Trinajstić information content (AvgIpc) is 2.16. The Morgan fingerprint density at radius 3 is 2.40 bits per heavy atom. The summed E-state index contributed by atoms with van der Waals surface area (Å²) in [5.41, 5.74) is -0.936. The third-order valence-electron chi connectivity index (χ3n) is 1.69. The van der Waals surface area contributed by atoms with Gasteiger partial charge in [0.25, 0.3) is 5.78 Å². The van der Waals surface area contributed by atoms with E-state index in [0.29, 0.717) is 0 Å². The van der Waals surface area contributed by atoms with Gasteiger partial charge in [0.05, 0.1) is 5.56 Å². The summed E-state index contributed by atoms with van der Waals surface area (Å²) in [6.07, 6.45) is -3.53. The highest BCUT2D eigenvalue weighted by molar-refractivity contribution is 7.98. The summed E-state index contributed by atoms with van der Waals surface area (Å²) in [7, 11) is 0. The Kier molecular flexibility index (Phi) is 3.38. The van der Waals surface area contributed by atoms with Gasteiger partial charge in [0.2, 0.25) is 0 Å². The molecule has 0 atom stereocenters. The third-order valence-corrected chi connectivity index (χ3v) is 2.44. The molecule has 0 spiro atoms. The minimum absolute atomic E-state index is 0.0186. The number of thioether (sulfide) groups is 1. The van der Waals surface area contributed by atoms with Crippen LogP contribution >= 0.6 is 11.8 Å². The van der Waals surface area contributed by atoms with Crippen molar-refractivity contribution in [2.75, 3.05) is 6.26 Å². The maximum absolute atomic E-state index is 13.3. The van der Waals surface area contributed by atoms with E-state index in [-0.39, 0.29) is 4.90 Å². The third kappa shape index (κ3) is 2.50. The van der Waals surface area contributed by atoms with Crippen LogP contribution in [0.5, 0.6) is 0 Å². The smallest absolute Gasteiger partial charge is 0.284 e. The van der Waals surface area contributed by atoms with Gasteiger partial charge in [0.15, 0.2) is 0 Å². The van der Waals surface area contributed by atoms with Crippen molar-refractivity contribution in [3.05, 3.63) is 29.6 Å². The Balaban J connectivity index is 3.22. The zero-order valence-corrected chi connectivity index (χ0v) is 8.38. The lowest BCUT2D eigenvalue weighted by molar-refractivity contribution is -0.0887. The van der Waals surface area contributed by atoms with Gasteiger partial charge in [-0.25, -0.2) is 4.39 Å². The van der Waals surface area contributed by atoms with Gasteiger partial charge >= 0.3 is 6.18 Å². The van der Waals surface area contributed by atoms with Crippen LogP contribution < -0.4 is 0 Å². The Labute approximate surface area is 87.5 Å². The Morgan fingerprint density at radius 2 is 1.93 bits per heavy atom. The number of ketones is 1. The van der Waals surface area contributed by atoms with E-state index in [1.54, 1.807) is 0 Å². The molecule has 0 unspecified atom stereocenters. The number of Topliss-reactive ketones (excluding diaryl/α,β-unsaturated/α-hetero) is 1. The van der Waals surface area contributed by atoms with E-state index in [0.717, 1.165) is 17.8 Å². The topological polar surface area (TPSA) is 17.1 Å². The molecule has 0 N–H and O–H groups in total. The van der Waals surface area contributed by atoms with Crippen LogP contribution in [0.15, 0.2) is 23.1 Å². The Hall–Kier alpha value is -1.04. The van der Waals surface area contributed by atoms with E-state index in [2.05, 4.69) is 0 Å². The van der Waals surface area contributed by atoms with Crippen LogP contribution in [0.1, 0.15) is 10.4 Å². The van der Waals surface area contributed by atoms with E-state index in [1.807, 2.05) is 0 Å². The average molecular weight is 238 g/mol. The molecule has 6 heteroatoms. The standard InChI is InChI=1S/C9H6F4OS/c1-15-6-4-2-3-5(7(6)10)8(14)9(11,12)13/h2-4H,1H3. The van der Waals surface area contributed by atoms with E-state index in [4.69, 9.17) is 0 Å². The number of benzene rings is 1. The summed E-state index contributed by atoms with van der Waals surface area (Å²) in [6, 6.07) is 3.35. The molecule has 0 saturated heterocycles. The van der Waals surface area contributed by atoms with Gasteiger partial charge in [-0.1, -0.05) is 6.07 Å². The number of hydrogen-bond acceptors (Lipinski definition) is 2. The van der Waals surface area contributed by atoms with Gasteiger partial charge < -0.3 is 0 Å². The molecular formula is C9H6F4OS. The van der Waals surface area contributed by atoms with Crippen LogP contribution in [0.4, 0.5) is 17.6 Å². The zero-order valence-electron chi connectivity index (χ0n) is 7.56. The first kappa shape index (κ1) is 12.0. The molecule has 0 aliphatic heterocycles. The fourth-order valence-electron chi connectivity index (χ4n) is 0.997. The maximum atomic E-state index is 13.3. The van der Waals surface area contributed by atoms with Crippen molar-refractivity contribution in [1.29, 1.82) is 0 Å². The first-order chi connectivity index (χ1) is 6.88. The molecule has 82 valence electrons. The minimum Gasteiger partial charge on any atom is -0.284 e. The van der Waals surface area contributed by atoms with Gasteiger partial charge in [-0.05, 0) is 18.4 Å². The molecule has 1 aromatic rings. The van der Waals surface area contributed by atoms with Crippen molar-refractivity contribution in [1.82, 2.24) is 0 Å². The van der Waals surface area contributed by atoms with Gasteiger partial charge in [-0.2, -0.15) is 13.2 Å². The van der Waals surface area contributed by atoms with Crippen molar-refractivity contribution in [2.24, 2.45) is 0 Å². The number of carbonyl (C=O) groups excluding carboxylic acids is 1. The van der Waals surface area contributed by atoms with Crippen LogP contribution in [0.3, 0.4) is 0 Å². The van der Waals surface area contributed by atoms with E-state index >= 15 is 0 Å². The lowest BCUT2D eigenvalue weighted by Gasteiger charge is -2.07. The predicted molar refractivity (Wildman–Crippen MR) is 48.6 cm³/mol. The number of carbonyl (C=O) groups is 1. The molecule has 0 aromatic heterocycles. The van der Waals surface area contributed by atoms with Crippen molar-refractivity contribution in [3.8, 4) is 0 Å². The molecule has 0 heterocycles. The molecule has 1 rings (SSSR count). The molecule has 0 bridgehead atoms. The molecular weight excluding hydrogens is 232 g/mol. The first-order valence-electron chi connectivity index (χ1n) is 3.82. The summed E-state index contributed by atoms with van der Waals surface area (Å²) in [4.78, 5) is 10.8. The van der Waals surface area contributed by atoms with Gasteiger partial charge in [-0.15, -0.1) is 11.8 Å². The highest BCUT2D eigenvalue weighted by atomic mass is 32.2. The molecule has 0 amide bonds. The molecule has 0 radical (unpaired) electrons. The fourth-order valence-corrected chi connectivity index (χ4v) is 1.50. The molecule has 1 aromatic carbocycles. The largest absolute Gasteiger partial charge is 0.454 e. The van der Waals surface area contributed by atoms with Crippen molar-refractivity contribution >= 4 is 17.5 Å². The molecule has 0 fully saturated rings. The number of rotatable bonds is 2. The van der Waals surface area contributed by atoms with E-state index < -0.39 is 23.3 Å². The van der Waals surface area contributed by atoms with Crippen LogP contribution in [0.2, 0.25) is 0 Å². The minimum atomic E-state index is -5.04. The molecule has 0 aliphatic carbocycles. The second kappa shape index (κ2) is 4.22. The number of hydrogen-bond donors (Lipinski definition) is 0. The van der Waals surface area contributed by atoms with Crippen LogP contribution in [-0.4, -0.2) is 18.2 Å². The lowest BCUT2D eigenvalue weighted by atomic mass is 10.1. The van der Waals surface area contributed by atoms with Crippen LogP contribution in [-0.2, 0) is 0 Å². The Morgan fingerprint density at radius 1 is 1.33 bits per heavy atom. The highest BCUT2D eigenvalue weighted by Gasteiger charge is 2.40. The predicted octanol–water partition coefficient (Wildman–Crippen LogP) is 3.29. The monoisotopic (exact) mass is 238 g/mol. The van der Waals surface area contributed by atoms with E-state index in [9.17, 15) is 22.4 Å². The zero-order chi connectivity index (χ0) is 11.6. The summed E-state index contributed by atoms with van der Waals surface area (Å²) >= 11 is 0.943. The maximum Gasteiger partial charge on any atom is 0.454 e. The summed E-state index contributed by atoms with van der Waals surface area (Å²) in [6.45, 7) is 0. The number of alkyl halides is 3. The lowest BCUT2D eigenvalue weighted by Crippen LogP contribution is -2.23. The second-order valence-electron chi connectivity index (χ2n) is 2.65. The highest BCUT2D eigenvalue weighted by Crippen LogP contribution is 2.27. The Bertz CT molecular complexity index is 386. The quantitative estimate of drug-likeness (QED) is 0.446. The van der Waals surface area contributed by atoms with Gasteiger partial charge in [0, 0.05) is 4.90 Å². The number of halogens is 4. The van der Waals surface area contributed by atoms with Crippen LogP contribution in [0.25, 0.3) is 0 Å². The second-order valence-corrected chi connectivity index (χ2v) is 3.50.